The van der Waals surface area contributed by atoms with Crippen molar-refractivity contribution < 1.29 is 27.5 Å². The Labute approximate surface area is 172 Å². The molecule has 1 atom stereocenters. The van der Waals surface area contributed by atoms with E-state index < -0.39 is 34.6 Å². The molecule has 0 saturated carbocycles. The van der Waals surface area contributed by atoms with E-state index in [4.69, 9.17) is 16.3 Å². The van der Waals surface area contributed by atoms with Crippen LogP contribution in [0.4, 0.5) is 18.0 Å². The molecule has 1 aromatic rings. The fourth-order valence-electron chi connectivity index (χ4n) is 3.07. The van der Waals surface area contributed by atoms with Crippen molar-refractivity contribution in [2.45, 2.75) is 58.9 Å². The fourth-order valence-corrected chi connectivity index (χ4v) is 3.30. The largest absolute Gasteiger partial charge is 0.444 e. The minimum Gasteiger partial charge on any atom is -0.444 e. The lowest BCUT2D eigenvalue weighted by Gasteiger charge is -2.27. The van der Waals surface area contributed by atoms with Crippen molar-refractivity contribution in [2.75, 3.05) is 26.2 Å². The summed E-state index contributed by atoms with van der Waals surface area (Å²) in [4.78, 5) is 28.2. The van der Waals surface area contributed by atoms with Gasteiger partial charge in [-0.15, -0.1) is 0 Å². The summed E-state index contributed by atoms with van der Waals surface area (Å²) in [5, 5.41) is 3.02. The predicted octanol–water partition coefficient (Wildman–Crippen LogP) is 3.89. The summed E-state index contributed by atoms with van der Waals surface area (Å²) in [6.45, 7) is 9.52. The van der Waals surface area contributed by atoms with Crippen LogP contribution in [0.1, 0.15) is 51.5 Å². The van der Waals surface area contributed by atoms with Gasteiger partial charge < -0.3 is 14.5 Å². The Hall–Kier alpha value is -1.97. The van der Waals surface area contributed by atoms with Crippen LogP contribution in [-0.2, 0) is 15.7 Å². The van der Waals surface area contributed by atoms with Gasteiger partial charge in [-0.3, -0.25) is 9.48 Å². The van der Waals surface area contributed by atoms with Crippen LogP contribution < -0.4 is 0 Å². The van der Waals surface area contributed by atoms with Gasteiger partial charge in [-0.1, -0.05) is 11.6 Å². The van der Waals surface area contributed by atoms with Gasteiger partial charge in [-0.25, -0.2) is 4.79 Å². The molecule has 0 bridgehead atoms. The van der Waals surface area contributed by atoms with Gasteiger partial charge in [0.25, 0.3) is 0 Å². The Morgan fingerprint density at radius 2 is 1.66 bits per heavy atom. The first kappa shape index (κ1) is 23.3. The minimum atomic E-state index is -4.70. The second kappa shape index (κ2) is 8.41. The maximum absolute atomic E-state index is 13.0. The molecule has 11 heteroatoms. The van der Waals surface area contributed by atoms with Gasteiger partial charge in [0.15, 0.2) is 5.69 Å². The van der Waals surface area contributed by atoms with E-state index in [-0.39, 0.29) is 24.7 Å². The van der Waals surface area contributed by atoms with Crippen molar-refractivity contribution in [1.29, 1.82) is 0 Å². The van der Waals surface area contributed by atoms with Gasteiger partial charge in [0, 0.05) is 26.2 Å². The molecule has 0 radical (unpaired) electrons. The zero-order valence-electron chi connectivity index (χ0n) is 17.1. The van der Waals surface area contributed by atoms with Gasteiger partial charge >= 0.3 is 12.3 Å². The lowest BCUT2D eigenvalue weighted by Crippen LogP contribution is -2.41. The molecule has 1 aliphatic heterocycles. The first-order chi connectivity index (χ1) is 13.2. The average Bonchev–Trinajstić information content (AvgIpc) is 2.76. The molecule has 0 spiro atoms. The fraction of sp³-hybridized carbons (Fsp3) is 0.722. The van der Waals surface area contributed by atoms with Crippen molar-refractivity contribution in [1.82, 2.24) is 19.6 Å². The molecule has 0 N–H and O–H groups in total. The summed E-state index contributed by atoms with van der Waals surface area (Å²) < 4.78 is 45.5. The third kappa shape index (κ3) is 5.55. The van der Waals surface area contributed by atoms with E-state index in [1.807, 2.05) is 0 Å². The third-order valence-electron chi connectivity index (χ3n) is 4.53. The van der Waals surface area contributed by atoms with E-state index in [1.54, 1.807) is 20.8 Å². The standard InChI is InChI=1S/C18H26ClF3N4O3/c1-11-13(19)14(18(20,21)22)23-26(11)12(2)15(27)24-7-6-8-25(10-9-24)16(28)29-17(3,4)5/h12H,6-10H2,1-5H3. The summed E-state index contributed by atoms with van der Waals surface area (Å²) in [6.07, 6.45) is -4.62. The molecule has 1 unspecified atom stereocenters. The van der Waals surface area contributed by atoms with Crippen LogP contribution in [0, 0.1) is 6.92 Å². The highest BCUT2D eigenvalue weighted by Gasteiger charge is 2.39. The second-order valence-corrected chi connectivity index (χ2v) is 8.39. The Balaban J connectivity index is 2.10. The Kier molecular flexibility index (Phi) is 6.76. The lowest BCUT2D eigenvalue weighted by molar-refractivity contribution is -0.142. The molecule has 1 aromatic heterocycles. The van der Waals surface area contributed by atoms with Crippen molar-refractivity contribution in [3.8, 4) is 0 Å². The highest BCUT2D eigenvalue weighted by Crippen LogP contribution is 2.36. The molecule has 1 aliphatic rings. The summed E-state index contributed by atoms with van der Waals surface area (Å²) >= 11 is 5.78. The van der Waals surface area contributed by atoms with E-state index >= 15 is 0 Å². The number of halogens is 4. The molecule has 29 heavy (non-hydrogen) atoms. The normalized spacial score (nSPS) is 17.1. The van der Waals surface area contributed by atoms with Crippen LogP contribution in [0.15, 0.2) is 0 Å². The Bertz CT molecular complexity index is 774. The van der Waals surface area contributed by atoms with Gasteiger partial charge in [-0.2, -0.15) is 18.3 Å². The van der Waals surface area contributed by atoms with Crippen molar-refractivity contribution in [3.05, 3.63) is 16.4 Å². The predicted molar refractivity (Wildman–Crippen MR) is 101 cm³/mol. The number of hydrogen-bond acceptors (Lipinski definition) is 4. The van der Waals surface area contributed by atoms with Gasteiger partial charge in [-0.05, 0) is 41.0 Å². The quantitative estimate of drug-likeness (QED) is 0.702. The van der Waals surface area contributed by atoms with E-state index in [0.717, 1.165) is 4.68 Å². The second-order valence-electron chi connectivity index (χ2n) is 8.01. The Morgan fingerprint density at radius 3 is 2.17 bits per heavy atom. The van der Waals surface area contributed by atoms with Crippen LogP contribution in [0.5, 0.6) is 0 Å². The highest BCUT2D eigenvalue weighted by atomic mass is 35.5. The number of ether oxygens (including phenoxy) is 1. The topological polar surface area (TPSA) is 67.7 Å². The number of rotatable bonds is 2. The van der Waals surface area contributed by atoms with Crippen LogP contribution in [0.2, 0.25) is 5.02 Å². The van der Waals surface area contributed by atoms with E-state index in [0.29, 0.717) is 19.5 Å². The molecule has 1 saturated heterocycles. The molecule has 2 amide bonds. The third-order valence-corrected chi connectivity index (χ3v) is 4.98. The number of hydrogen-bond donors (Lipinski definition) is 0. The SMILES string of the molecule is Cc1c(Cl)c(C(F)(F)F)nn1C(C)C(=O)N1CCCN(C(=O)OC(C)(C)C)CC1. The molecule has 1 fully saturated rings. The highest BCUT2D eigenvalue weighted by molar-refractivity contribution is 6.32. The molecule has 2 rings (SSSR count). The van der Waals surface area contributed by atoms with Crippen molar-refractivity contribution in [2.24, 2.45) is 0 Å². The smallest absolute Gasteiger partial charge is 0.436 e. The van der Waals surface area contributed by atoms with E-state index in [2.05, 4.69) is 5.10 Å². The van der Waals surface area contributed by atoms with E-state index in [9.17, 15) is 22.8 Å². The summed E-state index contributed by atoms with van der Waals surface area (Å²) in [5.74, 6) is -0.382. The number of carbonyl (C=O) groups excluding carboxylic acids is 2. The maximum Gasteiger partial charge on any atom is 0.436 e. The molecular weight excluding hydrogens is 413 g/mol. The molecule has 7 nitrogen and oxygen atoms in total. The molecular formula is C18H26ClF3N4O3. The maximum atomic E-state index is 13.0. The summed E-state index contributed by atoms with van der Waals surface area (Å²) in [7, 11) is 0. The minimum absolute atomic E-state index is 0.0741. The van der Waals surface area contributed by atoms with Crippen LogP contribution in [0.25, 0.3) is 0 Å². The molecule has 0 aliphatic carbocycles. The molecule has 164 valence electrons. The number of alkyl halides is 3. The monoisotopic (exact) mass is 438 g/mol. The molecule has 2 heterocycles. The van der Waals surface area contributed by atoms with Crippen LogP contribution in [0.3, 0.4) is 0 Å². The van der Waals surface area contributed by atoms with Crippen LogP contribution >= 0.6 is 11.6 Å². The van der Waals surface area contributed by atoms with E-state index in [1.165, 1.54) is 23.6 Å². The van der Waals surface area contributed by atoms with Gasteiger partial charge in [0.2, 0.25) is 5.91 Å². The molecule has 0 aromatic carbocycles. The van der Waals surface area contributed by atoms with Crippen LogP contribution in [-0.4, -0.2) is 63.4 Å². The zero-order valence-corrected chi connectivity index (χ0v) is 17.9. The number of amides is 2. The van der Waals surface area contributed by atoms with Crippen molar-refractivity contribution in [3.63, 3.8) is 0 Å². The first-order valence-electron chi connectivity index (χ1n) is 9.31. The summed E-state index contributed by atoms with van der Waals surface area (Å²) in [5.41, 5.74) is -1.76. The number of carbonyl (C=O) groups is 2. The van der Waals surface area contributed by atoms with Gasteiger partial charge in [0.05, 0.1) is 10.7 Å². The number of aromatic nitrogens is 2. The Morgan fingerprint density at radius 1 is 1.10 bits per heavy atom. The van der Waals surface area contributed by atoms with Gasteiger partial charge in [0.1, 0.15) is 11.6 Å². The zero-order chi connectivity index (χ0) is 22.1. The van der Waals surface area contributed by atoms with Crippen molar-refractivity contribution >= 4 is 23.6 Å². The lowest BCUT2D eigenvalue weighted by atomic mass is 10.2. The average molecular weight is 439 g/mol. The summed E-state index contributed by atoms with van der Waals surface area (Å²) in [6, 6.07) is -0.961. The number of nitrogens with zero attached hydrogens (tertiary/aromatic N) is 4. The first-order valence-corrected chi connectivity index (χ1v) is 9.68.